The molecule has 2 aromatic heterocycles. The number of amides is 2. The molecule has 0 aliphatic heterocycles. The topological polar surface area (TPSA) is 123 Å². The predicted molar refractivity (Wildman–Crippen MR) is 103 cm³/mol. The van der Waals surface area contributed by atoms with Crippen LogP contribution < -0.4 is 21.7 Å². The van der Waals surface area contributed by atoms with Crippen LogP contribution in [-0.2, 0) is 23.2 Å². The van der Waals surface area contributed by atoms with Crippen LogP contribution in [0, 0.1) is 13.8 Å². The molecule has 0 saturated carbocycles. The Balaban J connectivity index is 1.52. The highest BCUT2D eigenvalue weighted by Crippen LogP contribution is 2.15. The Bertz CT molecular complexity index is 1100. The second-order valence-electron chi connectivity index (χ2n) is 6.45. The Morgan fingerprint density at radius 3 is 2.64 bits per heavy atom. The first-order valence-corrected chi connectivity index (χ1v) is 8.61. The number of nitrogens with zero attached hydrogens (tertiary/aromatic N) is 4. The number of aryl methyl sites for hydroxylation is 3. The molecule has 28 heavy (non-hydrogen) atoms. The number of anilines is 1. The van der Waals surface area contributed by atoms with Crippen molar-refractivity contribution in [1.29, 1.82) is 0 Å². The van der Waals surface area contributed by atoms with Gasteiger partial charge in [-0.3, -0.25) is 34.5 Å². The fourth-order valence-electron chi connectivity index (χ4n) is 2.74. The molecule has 3 aromatic rings. The zero-order valence-corrected chi connectivity index (χ0v) is 15.8. The standard InChI is InChI=1S/C18H21N7O3/c1-11-4-5-14(12(2)6-11)19-8-15(26)22-23-16(27)9-25-10-20-17-13(18(25)28)7-21-24(17)3/h4-7,10,19H,8-9H2,1-3H3,(H,22,26)(H,23,27). The van der Waals surface area contributed by atoms with Gasteiger partial charge in [-0.2, -0.15) is 5.10 Å². The fourth-order valence-corrected chi connectivity index (χ4v) is 2.74. The van der Waals surface area contributed by atoms with E-state index in [4.69, 9.17) is 0 Å². The van der Waals surface area contributed by atoms with Crippen LogP contribution in [-0.4, -0.2) is 37.7 Å². The zero-order chi connectivity index (χ0) is 20.3. The first kappa shape index (κ1) is 19.1. The fraction of sp³-hybridized carbons (Fsp3) is 0.278. The van der Waals surface area contributed by atoms with E-state index in [2.05, 4.69) is 26.3 Å². The van der Waals surface area contributed by atoms with Crippen molar-refractivity contribution in [1.82, 2.24) is 30.2 Å². The van der Waals surface area contributed by atoms with Gasteiger partial charge in [-0.25, -0.2) is 4.98 Å². The van der Waals surface area contributed by atoms with Crippen LogP contribution in [0.15, 0.2) is 35.5 Å². The van der Waals surface area contributed by atoms with Crippen LogP contribution in [0.4, 0.5) is 5.69 Å². The summed E-state index contributed by atoms with van der Waals surface area (Å²) in [4.78, 5) is 40.4. The summed E-state index contributed by atoms with van der Waals surface area (Å²) in [5.41, 5.74) is 7.65. The molecule has 146 valence electrons. The zero-order valence-electron chi connectivity index (χ0n) is 15.8. The van der Waals surface area contributed by atoms with Crippen LogP contribution in [0.3, 0.4) is 0 Å². The van der Waals surface area contributed by atoms with Gasteiger partial charge in [0.15, 0.2) is 5.65 Å². The molecule has 0 atom stereocenters. The highest BCUT2D eigenvalue weighted by molar-refractivity contribution is 5.84. The number of hydrogen-bond acceptors (Lipinski definition) is 6. The second kappa shape index (κ2) is 7.91. The van der Waals surface area contributed by atoms with E-state index in [9.17, 15) is 14.4 Å². The van der Waals surface area contributed by atoms with Gasteiger partial charge >= 0.3 is 0 Å². The highest BCUT2D eigenvalue weighted by atomic mass is 16.2. The molecular weight excluding hydrogens is 362 g/mol. The van der Waals surface area contributed by atoms with Gasteiger partial charge < -0.3 is 5.32 Å². The summed E-state index contributed by atoms with van der Waals surface area (Å²) in [5, 5.41) is 7.30. The van der Waals surface area contributed by atoms with E-state index in [-0.39, 0.29) is 18.6 Å². The normalized spacial score (nSPS) is 10.7. The van der Waals surface area contributed by atoms with Gasteiger partial charge in [0.25, 0.3) is 17.4 Å². The predicted octanol–water partition coefficient (Wildman–Crippen LogP) is 0.00634. The third kappa shape index (κ3) is 4.17. The molecule has 3 N–H and O–H groups in total. The van der Waals surface area contributed by atoms with Gasteiger partial charge in [0.2, 0.25) is 0 Å². The van der Waals surface area contributed by atoms with Crippen LogP contribution in [0.1, 0.15) is 11.1 Å². The van der Waals surface area contributed by atoms with Gasteiger partial charge in [0.05, 0.1) is 12.7 Å². The average Bonchev–Trinajstić information content (AvgIpc) is 3.03. The second-order valence-corrected chi connectivity index (χ2v) is 6.45. The summed E-state index contributed by atoms with van der Waals surface area (Å²) in [7, 11) is 1.67. The Hall–Kier alpha value is -3.69. The molecule has 0 aliphatic rings. The molecule has 0 spiro atoms. The maximum Gasteiger partial charge on any atom is 0.264 e. The minimum atomic E-state index is -0.549. The number of rotatable bonds is 5. The van der Waals surface area contributed by atoms with E-state index in [0.29, 0.717) is 11.0 Å². The number of carbonyl (C=O) groups is 2. The molecule has 10 heteroatoms. The lowest BCUT2D eigenvalue weighted by Gasteiger charge is -2.11. The quantitative estimate of drug-likeness (QED) is 0.533. The Kier molecular flexibility index (Phi) is 5.39. The molecule has 10 nitrogen and oxygen atoms in total. The summed E-state index contributed by atoms with van der Waals surface area (Å²) in [6, 6.07) is 5.84. The molecule has 0 radical (unpaired) electrons. The molecule has 1 aromatic carbocycles. The van der Waals surface area contributed by atoms with E-state index in [0.717, 1.165) is 21.4 Å². The Morgan fingerprint density at radius 2 is 1.89 bits per heavy atom. The van der Waals surface area contributed by atoms with Crippen molar-refractivity contribution in [2.24, 2.45) is 7.05 Å². The smallest absolute Gasteiger partial charge is 0.264 e. The number of nitrogens with one attached hydrogen (secondary N) is 3. The van der Waals surface area contributed by atoms with E-state index in [1.54, 1.807) is 7.05 Å². The van der Waals surface area contributed by atoms with Crippen LogP contribution in [0.25, 0.3) is 11.0 Å². The number of benzene rings is 1. The molecular formula is C18H21N7O3. The molecule has 0 saturated heterocycles. The maximum atomic E-state index is 12.3. The molecule has 0 bridgehead atoms. The van der Waals surface area contributed by atoms with Gasteiger partial charge in [0.1, 0.15) is 18.3 Å². The van der Waals surface area contributed by atoms with Gasteiger partial charge in [-0.05, 0) is 25.5 Å². The highest BCUT2D eigenvalue weighted by Gasteiger charge is 2.11. The van der Waals surface area contributed by atoms with E-state index in [1.165, 1.54) is 17.2 Å². The maximum absolute atomic E-state index is 12.3. The summed E-state index contributed by atoms with van der Waals surface area (Å²) in [6.45, 7) is 3.65. The summed E-state index contributed by atoms with van der Waals surface area (Å²) in [5.74, 6) is -0.964. The van der Waals surface area contributed by atoms with Gasteiger partial charge in [-0.1, -0.05) is 17.7 Å². The third-order valence-corrected chi connectivity index (χ3v) is 4.19. The lowest BCUT2D eigenvalue weighted by atomic mass is 10.1. The lowest BCUT2D eigenvalue weighted by molar-refractivity contribution is -0.128. The van der Waals surface area contributed by atoms with Crippen molar-refractivity contribution >= 4 is 28.5 Å². The van der Waals surface area contributed by atoms with Crippen LogP contribution in [0.2, 0.25) is 0 Å². The van der Waals surface area contributed by atoms with Crippen molar-refractivity contribution in [3.05, 3.63) is 52.2 Å². The monoisotopic (exact) mass is 383 g/mol. The lowest BCUT2D eigenvalue weighted by Crippen LogP contribution is -2.46. The summed E-state index contributed by atoms with van der Waals surface area (Å²) in [6.07, 6.45) is 2.68. The minimum Gasteiger partial charge on any atom is -0.376 e. The molecule has 3 rings (SSSR count). The summed E-state index contributed by atoms with van der Waals surface area (Å²) < 4.78 is 2.63. The molecule has 2 heterocycles. The van der Waals surface area contributed by atoms with Crippen LogP contribution in [0.5, 0.6) is 0 Å². The minimum absolute atomic E-state index is 0.00662. The molecule has 0 aliphatic carbocycles. The third-order valence-electron chi connectivity index (χ3n) is 4.19. The van der Waals surface area contributed by atoms with E-state index >= 15 is 0 Å². The number of aromatic nitrogens is 4. The average molecular weight is 383 g/mol. The summed E-state index contributed by atoms with van der Waals surface area (Å²) >= 11 is 0. The van der Waals surface area contributed by atoms with E-state index < -0.39 is 11.8 Å². The van der Waals surface area contributed by atoms with Crippen molar-refractivity contribution < 1.29 is 9.59 Å². The van der Waals surface area contributed by atoms with Crippen molar-refractivity contribution in [3.63, 3.8) is 0 Å². The number of fused-ring (bicyclic) bond motifs is 1. The van der Waals surface area contributed by atoms with Gasteiger partial charge in [-0.15, -0.1) is 0 Å². The first-order valence-electron chi connectivity index (χ1n) is 8.61. The van der Waals surface area contributed by atoms with Gasteiger partial charge in [0, 0.05) is 12.7 Å². The number of hydrazine groups is 1. The van der Waals surface area contributed by atoms with Crippen molar-refractivity contribution in [3.8, 4) is 0 Å². The molecule has 2 amide bonds. The first-order chi connectivity index (χ1) is 13.3. The number of hydrogen-bond donors (Lipinski definition) is 3. The van der Waals surface area contributed by atoms with Crippen LogP contribution >= 0.6 is 0 Å². The largest absolute Gasteiger partial charge is 0.376 e. The van der Waals surface area contributed by atoms with Crippen molar-refractivity contribution in [2.75, 3.05) is 11.9 Å². The number of carbonyl (C=O) groups excluding carboxylic acids is 2. The van der Waals surface area contributed by atoms with E-state index in [1.807, 2.05) is 32.0 Å². The Morgan fingerprint density at radius 1 is 1.14 bits per heavy atom. The Labute approximate surface area is 160 Å². The van der Waals surface area contributed by atoms with Crippen molar-refractivity contribution in [2.45, 2.75) is 20.4 Å². The molecule has 0 fully saturated rings. The molecule has 0 unspecified atom stereocenters. The SMILES string of the molecule is Cc1ccc(NCC(=O)NNC(=O)Cn2cnc3c(cnn3C)c2=O)c(C)c1.